The van der Waals surface area contributed by atoms with Crippen LogP contribution in [0, 0.1) is 5.92 Å². The molecule has 0 radical (unpaired) electrons. The third kappa shape index (κ3) is 9.23. The van der Waals surface area contributed by atoms with Crippen molar-refractivity contribution in [2.75, 3.05) is 18.6 Å². The number of fused-ring (bicyclic) bond motifs is 1. The minimum absolute atomic E-state index is 0.0698. The number of hydrogen-bond acceptors (Lipinski definition) is 10. The van der Waals surface area contributed by atoms with Gasteiger partial charge in [0.05, 0.1) is 31.0 Å². The van der Waals surface area contributed by atoms with E-state index in [1.165, 1.54) is 6.33 Å². The van der Waals surface area contributed by atoms with Crippen molar-refractivity contribution in [3.63, 3.8) is 0 Å². The zero-order valence-corrected chi connectivity index (χ0v) is 24.4. The maximum absolute atomic E-state index is 14.0. The minimum atomic E-state index is -3.51. The van der Waals surface area contributed by atoms with E-state index in [9.17, 15) is 14.2 Å². The fourth-order valence-electron chi connectivity index (χ4n) is 4.25. The first-order valence-electron chi connectivity index (χ1n) is 13.5. The van der Waals surface area contributed by atoms with Crippen molar-refractivity contribution in [2.24, 2.45) is 5.92 Å². The van der Waals surface area contributed by atoms with Crippen LogP contribution in [0.2, 0.25) is 0 Å². The van der Waals surface area contributed by atoms with Gasteiger partial charge in [0, 0.05) is 6.54 Å². The number of nitrogens with two attached hydrogens (primary N) is 1. The van der Waals surface area contributed by atoms with E-state index in [0.717, 1.165) is 32.1 Å². The largest absolute Gasteiger partial charge is 0.463 e. The van der Waals surface area contributed by atoms with Gasteiger partial charge in [-0.3, -0.25) is 19.2 Å². The van der Waals surface area contributed by atoms with Gasteiger partial charge < -0.3 is 24.5 Å². The second-order valence-electron chi connectivity index (χ2n) is 10.5. The molecule has 1 aliphatic rings. The van der Waals surface area contributed by atoms with E-state index < -0.39 is 37.4 Å². The number of rotatable bonds is 14. The van der Waals surface area contributed by atoms with Crippen LogP contribution >= 0.6 is 7.44 Å². The molecule has 218 valence electrons. The van der Waals surface area contributed by atoms with Gasteiger partial charge >= 0.3 is 11.9 Å². The van der Waals surface area contributed by atoms with Crippen LogP contribution in [-0.2, 0) is 34.9 Å². The molecule has 1 saturated carbocycles. The fraction of sp³-hybridized carbons (Fsp3) is 0.720. The molecule has 2 aromatic heterocycles. The maximum atomic E-state index is 14.0. The summed E-state index contributed by atoms with van der Waals surface area (Å²) in [5.74, 6) is -1.15. The van der Waals surface area contributed by atoms with Gasteiger partial charge in [0.2, 0.25) is 7.44 Å². The van der Waals surface area contributed by atoms with Gasteiger partial charge in [-0.05, 0) is 53.4 Å². The molecule has 4 atom stereocenters. The Morgan fingerprint density at radius 1 is 1.10 bits per heavy atom. The zero-order chi connectivity index (χ0) is 28.6. The number of nitrogens with zero attached hydrogens (tertiary/aromatic N) is 4. The Morgan fingerprint density at radius 2 is 1.82 bits per heavy atom. The Hall–Kier alpha value is -2.60. The molecule has 2 aromatic rings. The Kier molecular flexibility index (Phi) is 11.2. The average Bonchev–Trinajstić information content (AvgIpc) is 3.30. The number of carbonyl (C=O) groups is 2. The predicted molar refractivity (Wildman–Crippen MR) is 147 cm³/mol. The van der Waals surface area contributed by atoms with E-state index in [4.69, 9.17) is 19.9 Å². The molecule has 0 spiro atoms. The van der Waals surface area contributed by atoms with Crippen LogP contribution in [0.5, 0.6) is 0 Å². The van der Waals surface area contributed by atoms with Gasteiger partial charge in [-0.2, -0.15) is 0 Å². The second-order valence-corrected chi connectivity index (χ2v) is 12.8. The number of nitrogens with one attached hydrogen (secondary N) is 2. The van der Waals surface area contributed by atoms with Crippen LogP contribution in [0.25, 0.3) is 11.2 Å². The maximum Gasteiger partial charge on any atom is 0.323 e. The number of carbonyl (C=O) groups excluding carboxylic acids is 2. The van der Waals surface area contributed by atoms with E-state index in [1.54, 1.807) is 38.6 Å². The quantitative estimate of drug-likeness (QED) is 0.225. The molecule has 0 aliphatic heterocycles. The first-order valence-corrected chi connectivity index (χ1v) is 15.4. The SMILES string of the molecule is CC(C)OC(=O)[C@@H](C)CN[P@@](=O)(CO[C@H](C)Cn1cnc2c(N)ncnc21)N[C@H](C)C(=O)OC1CCCCC1. The Morgan fingerprint density at radius 3 is 2.51 bits per heavy atom. The Labute approximate surface area is 229 Å². The summed E-state index contributed by atoms with van der Waals surface area (Å²) in [5, 5.41) is 5.85. The molecule has 1 aliphatic carbocycles. The number of esters is 2. The lowest BCUT2D eigenvalue weighted by molar-refractivity contribution is -0.152. The number of ether oxygens (including phenoxy) is 3. The lowest BCUT2D eigenvalue weighted by atomic mass is 9.98. The van der Waals surface area contributed by atoms with Crippen molar-refractivity contribution in [3.8, 4) is 0 Å². The standard InChI is InChI=1S/C25H42N7O6P/c1-16(2)37-24(33)17(3)11-30-39(35,31-19(5)25(34)38-20-9-7-6-8-10-20)15-36-18(4)12-32-14-29-21-22(26)27-13-28-23(21)32/h13-14,16-20H,6-12,15H2,1-5H3,(H2,26,27,28)(H2,30,31,35)/t17-,18+,19+,39-/m0/s1. The molecule has 13 nitrogen and oxygen atoms in total. The molecule has 0 amide bonds. The van der Waals surface area contributed by atoms with Gasteiger partial charge in [0.1, 0.15) is 30.3 Å². The highest BCUT2D eigenvalue weighted by molar-refractivity contribution is 7.59. The molecule has 3 rings (SSSR count). The second kappa shape index (κ2) is 14.2. The number of nitrogen functional groups attached to an aromatic ring is 1. The van der Waals surface area contributed by atoms with Gasteiger partial charge in [-0.25, -0.2) is 20.0 Å². The molecule has 2 heterocycles. The van der Waals surface area contributed by atoms with Crippen LogP contribution in [0.15, 0.2) is 12.7 Å². The van der Waals surface area contributed by atoms with Gasteiger partial charge in [-0.15, -0.1) is 0 Å². The molecule has 0 unspecified atom stereocenters. The number of anilines is 1. The fourth-order valence-corrected chi connectivity index (χ4v) is 6.28. The van der Waals surface area contributed by atoms with Crippen LogP contribution in [0.4, 0.5) is 5.82 Å². The summed E-state index contributed by atoms with van der Waals surface area (Å²) in [6.45, 7) is 9.09. The van der Waals surface area contributed by atoms with Gasteiger partial charge in [0.15, 0.2) is 11.5 Å². The molecule has 1 fully saturated rings. The summed E-state index contributed by atoms with van der Waals surface area (Å²) in [7, 11) is -3.51. The van der Waals surface area contributed by atoms with Crippen LogP contribution in [-0.4, -0.2) is 68.7 Å². The molecular weight excluding hydrogens is 525 g/mol. The highest BCUT2D eigenvalue weighted by atomic mass is 31.2. The summed E-state index contributed by atoms with van der Waals surface area (Å²) >= 11 is 0. The topological polar surface area (TPSA) is 173 Å². The van der Waals surface area contributed by atoms with E-state index in [0.29, 0.717) is 17.7 Å². The molecule has 0 saturated heterocycles. The van der Waals surface area contributed by atoms with Crippen molar-refractivity contribution in [2.45, 2.75) is 97.6 Å². The number of imidazole rings is 1. The van der Waals surface area contributed by atoms with E-state index in [2.05, 4.69) is 25.1 Å². The first-order chi connectivity index (χ1) is 18.5. The van der Waals surface area contributed by atoms with Crippen molar-refractivity contribution >= 4 is 36.4 Å². The molecule has 14 heteroatoms. The molecule has 0 bridgehead atoms. The van der Waals surface area contributed by atoms with E-state index >= 15 is 0 Å². The van der Waals surface area contributed by atoms with Crippen molar-refractivity contribution in [1.29, 1.82) is 0 Å². The van der Waals surface area contributed by atoms with E-state index in [-0.39, 0.29) is 30.9 Å². The summed E-state index contributed by atoms with van der Waals surface area (Å²) < 4.78 is 32.6. The normalized spacial score (nSPS) is 18.4. The Bertz CT molecular complexity index is 1150. The number of hydrogen-bond donors (Lipinski definition) is 3. The highest BCUT2D eigenvalue weighted by Gasteiger charge is 2.31. The van der Waals surface area contributed by atoms with Gasteiger partial charge in [-0.1, -0.05) is 13.3 Å². The van der Waals surface area contributed by atoms with Crippen molar-refractivity contribution in [1.82, 2.24) is 29.7 Å². The van der Waals surface area contributed by atoms with Gasteiger partial charge in [0.25, 0.3) is 0 Å². The summed E-state index contributed by atoms with van der Waals surface area (Å²) in [5.41, 5.74) is 6.92. The monoisotopic (exact) mass is 567 g/mol. The molecule has 0 aromatic carbocycles. The molecule has 39 heavy (non-hydrogen) atoms. The summed E-state index contributed by atoms with van der Waals surface area (Å²) in [4.78, 5) is 37.5. The first kappa shape index (κ1) is 30.9. The molecule has 4 N–H and O–H groups in total. The third-order valence-electron chi connectivity index (χ3n) is 6.42. The van der Waals surface area contributed by atoms with Crippen LogP contribution in [0.3, 0.4) is 0 Å². The lowest BCUT2D eigenvalue weighted by Crippen LogP contribution is -2.41. The molecular formula is C25H42N7O6P. The third-order valence-corrected chi connectivity index (χ3v) is 8.43. The van der Waals surface area contributed by atoms with Crippen molar-refractivity contribution < 1.29 is 28.4 Å². The summed E-state index contributed by atoms with van der Waals surface area (Å²) in [6.07, 6.45) is 6.82. The number of aromatic nitrogens is 4. The lowest BCUT2D eigenvalue weighted by Gasteiger charge is -2.28. The predicted octanol–water partition coefficient (Wildman–Crippen LogP) is 3.00. The Balaban J connectivity index is 1.64. The zero-order valence-electron chi connectivity index (χ0n) is 23.5. The minimum Gasteiger partial charge on any atom is -0.463 e. The van der Waals surface area contributed by atoms with E-state index in [1.807, 2.05) is 6.92 Å². The van der Waals surface area contributed by atoms with Crippen LogP contribution < -0.4 is 15.9 Å². The van der Waals surface area contributed by atoms with Crippen LogP contribution in [0.1, 0.15) is 66.7 Å². The average molecular weight is 568 g/mol. The summed E-state index contributed by atoms with van der Waals surface area (Å²) in [6, 6.07) is -0.848. The smallest absolute Gasteiger partial charge is 0.323 e. The van der Waals surface area contributed by atoms with Crippen molar-refractivity contribution in [3.05, 3.63) is 12.7 Å². The highest BCUT2D eigenvalue weighted by Crippen LogP contribution is 2.38.